The lowest BCUT2D eigenvalue weighted by Gasteiger charge is -2.27. The first-order valence-electron chi connectivity index (χ1n) is 7.34. The van der Waals surface area contributed by atoms with E-state index in [1.54, 1.807) is 6.07 Å². The molecule has 3 nitrogen and oxygen atoms in total. The fourth-order valence-electron chi connectivity index (χ4n) is 2.71. The number of aliphatic hydroxyl groups excluding tert-OH is 1. The largest absolute Gasteiger partial charge is 0.393 e. The predicted octanol–water partition coefficient (Wildman–Crippen LogP) is 2.43. The predicted molar refractivity (Wildman–Crippen MR) is 75.7 cm³/mol. The summed E-state index contributed by atoms with van der Waals surface area (Å²) in [7, 11) is 0. The Morgan fingerprint density at radius 3 is 2.90 bits per heavy atom. The third-order valence-electron chi connectivity index (χ3n) is 3.96. The van der Waals surface area contributed by atoms with E-state index in [1.165, 1.54) is 12.1 Å². The van der Waals surface area contributed by atoms with Gasteiger partial charge in [-0.1, -0.05) is 25.0 Å². The maximum atomic E-state index is 13.0. The highest BCUT2D eigenvalue weighted by Gasteiger charge is 2.23. The zero-order valence-electron chi connectivity index (χ0n) is 11.6. The summed E-state index contributed by atoms with van der Waals surface area (Å²) >= 11 is 0. The van der Waals surface area contributed by atoms with Gasteiger partial charge in [-0.05, 0) is 37.0 Å². The van der Waals surface area contributed by atoms with Gasteiger partial charge in [0.2, 0.25) is 5.91 Å². The Hall–Kier alpha value is -1.42. The van der Waals surface area contributed by atoms with Crippen LogP contribution in [0.15, 0.2) is 24.3 Å². The lowest BCUT2D eigenvalue weighted by Crippen LogP contribution is -2.36. The molecule has 0 aromatic heterocycles. The summed E-state index contributed by atoms with van der Waals surface area (Å²) in [5.41, 5.74) is 0.831. The van der Waals surface area contributed by atoms with Crippen LogP contribution in [0.3, 0.4) is 0 Å². The first-order valence-corrected chi connectivity index (χ1v) is 7.34. The highest BCUT2D eigenvalue weighted by atomic mass is 19.1. The molecule has 1 aromatic rings. The fraction of sp³-hybridized carbons (Fsp3) is 0.562. The van der Waals surface area contributed by atoms with Crippen LogP contribution in [-0.2, 0) is 11.2 Å². The molecule has 1 fully saturated rings. The summed E-state index contributed by atoms with van der Waals surface area (Å²) in [5, 5.41) is 12.7. The van der Waals surface area contributed by atoms with Crippen LogP contribution in [0, 0.1) is 11.7 Å². The number of aryl methyl sites for hydroxylation is 1. The van der Waals surface area contributed by atoms with Crippen molar-refractivity contribution in [3.8, 4) is 0 Å². The molecule has 1 saturated carbocycles. The fourth-order valence-corrected chi connectivity index (χ4v) is 2.71. The molecule has 20 heavy (non-hydrogen) atoms. The Morgan fingerprint density at radius 2 is 2.15 bits per heavy atom. The van der Waals surface area contributed by atoms with E-state index >= 15 is 0 Å². The number of hydrogen-bond donors (Lipinski definition) is 2. The van der Waals surface area contributed by atoms with Crippen molar-refractivity contribution in [2.75, 3.05) is 6.54 Å². The van der Waals surface area contributed by atoms with Crippen LogP contribution >= 0.6 is 0 Å². The van der Waals surface area contributed by atoms with Crippen molar-refractivity contribution in [2.24, 2.45) is 5.92 Å². The van der Waals surface area contributed by atoms with Gasteiger partial charge in [0.15, 0.2) is 0 Å². The minimum atomic E-state index is -0.285. The van der Waals surface area contributed by atoms with Gasteiger partial charge in [0, 0.05) is 18.9 Å². The van der Waals surface area contributed by atoms with E-state index in [9.17, 15) is 14.3 Å². The molecule has 0 aliphatic heterocycles. The highest BCUT2D eigenvalue weighted by molar-refractivity contribution is 5.76. The molecular weight excluding hydrogens is 257 g/mol. The zero-order valence-corrected chi connectivity index (χ0v) is 11.6. The van der Waals surface area contributed by atoms with Crippen molar-refractivity contribution in [3.63, 3.8) is 0 Å². The van der Waals surface area contributed by atoms with E-state index in [2.05, 4.69) is 5.32 Å². The third kappa shape index (κ3) is 4.60. The molecule has 1 aliphatic rings. The Bertz CT molecular complexity index is 450. The monoisotopic (exact) mass is 279 g/mol. The molecule has 0 heterocycles. The molecule has 2 N–H and O–H groups in total. The molecule has 1 amide bonds. The van der Waals surface area contributed by atoms with Crippen LogP contribution in [0.2, 0.25) is 0 Å². The molecule has 1 aromatic carbocycles. The summed E-state index contributed by atoms with van der Waals surface area (Å²) in [6, 6.07) is 6.33. The Balaban J connectivity index is 1.70. The maximum Gasteiger partial charge on any atom is 0.220 e. The van der Waals surface area contributed by atoms with E-state index in [1.807, 2.05) is 6.07 Å². The van der Waals surface area contributed by atoms with Gasteiger partial charge in [0.25, 0.3) is 0 Å². The Kier molecular flexibility index (Phi) is 5.53. The van der Waals surface area contributed by atoms with Gasteiger partial charge in [0.1, 0.15) is 5.82 Å². The number of carbonyl (C=O) groups excluding carboxylic acids is 1. The second-order valence-electron chi connectivity index (χ2n) is 5.55. The van der Waals surface area contributed by atoms with E-state index in [4.69, 9.17) is 0 Å². The number of aliphatic hydroxyl groups is 1. The average Bonchev–Trinajstić information content (AvgIpc) is 2.44. The molecule has 2 atom stereocenters. The van der Waals surface area contributed by atoms with Crippen molar-refractivity contribution >= 4 is 5.91 Å². The molecule has 2 rings (SSSR count). The molecule has 110 valence electrons. The SMILES string of the molecule is O=C(CCc1cccc(F)c1)NC[C@H]1CCCC[C@@H]1O. The van der Waals surface area contributed by atoms with E-state index in [0.717, 1.165) is 31.2 Å². The number of halogens is 1. The lowest BCUT2D eigenvalue weighted by atomic mass is 9.86. The quantitative estimate of drug-likeness (QED) is 0.869. The van der Waals surface area contributed by atoms with Crippen LogP contribution in [0.1, 0.15) is 37.7 Å². The van der Waals surface area contributed by atoms with Crippen molar-refractivity contribution in [1.82, 2.24) is 5.32 Å². The molecule has 0 bridgehead atoms. The number of nitrogens with one attached hydrogen (secondary N) is 1. The van der Waals surface area contributed by atoms with Crippen molar-refractivity contribution in [3.05, 3.63) is 35.6 Å². The van der Waals surface area contributed by atoms with Gasteiger partial charge in [-0.2, -0.15) is 0 Å². The van der Waals surface area contributed by atoms with Gasteiger partial charge in [-0.3, -0.25) is 4.79 Å². The zero-order chi connectivity index (χ0) is 14.4. The van der Waals surface area contributed by atoms with Crippen LogP contribution in [0.25, 0.3) is 0 Å². The standard InChI is InChI=1S/C16H22FNO2/c17-14-6-3-4-12(10-14)8-9-16(20)18-11-13-5-1-2-7-15(13)19/h3-4,6,10,13,15,19H,1-2,5,7-9,11H2,(H,18,20)/t13-,15+/m1/s1. The minimum Gasteiger partial charge on any atom is -0.393 e. The normalized spacial score (nSPS) is 22.5. The summed E-state index contributed by atoms with van der Waals surface area (Å²) in [5.74, 6) is -0.123. The molecule has 0 radical (unpaired) electrons. The summed E-state index contributed by atoms with van der Waals surface area (Å²) in [6.07, 6.45) is 4.62. The molecule has 4 heteroatoms. The number of amides is 1. The van der Waals surface area contributed by atoms with Gasteiger partial charge in [0.05, 0.1) is 6.10 Å². The summed E-state index contributed by atoms with van der Waals surface area (Å²) in [6.45, 7) is 0.545. The number of carbonyl (C=O) groups is 1. The molecule has 0 saturated heterocycles. The van der Waals surface area contributed by atoms with Crippen molar-refractivity contribution in [1.29, 1.82) is 0 Å². The molecular formula is C16H22FNO2. The minimum absolute atomic E-state index is 0.0352. The maximum absolute atomic E-state index is 13.0. The van der Waals surface area contributed by atoms with E-state index in [-0.39, 0.29) is 23.7 Å². The van der Waals surface area contributed by atoms with Crippen LogP contribution in [0.5, 0.6) is 0 Å². The van der Waals surface area contributed by atoms with Crippen molar-refractivity contribution < 1.29 is 14.3 Å². The second kappa shape index (κ2) is 7.39. The van der Waals surface area contributed by atoms with E-state index in [0.29, 0.717) is 19.4 Å². The number of benzene rings is 1. The molecule has 1 aliphatic carbocycles. The summed E-state index contributed by atoms with van der Waals surface area (Å²) in [4.78, 5) is 11.8. The van der Waals surface area contributed by atoms with Crippen molar-refractivity contribution in [2.45, 2.75) is 44.6 Å². The second-order valence-corrected chi connectivity index (χ2v) is 5.55. The average molecular weight is 279 g/mol. The van der Waals surface area contributed by atoms with Crippen LogP contribution in [-0.4, -0.2) is 23.7 Å². The molecule has 0 spiro atoms. The first-order chi connectivity index (χ1) is 9.65. The smallest absolute Gasteiger partial charge is 0.220 e. The lowest BCUT2D eigenvalue weighted by molar-refractivity contribution is -0.121. The topological polar surface area (TPSA) is 49.3 Å². The first kappa shape index (κ1) is 15.0. The van der Waals surface area contributed by atoms with Gasteiger partial charge < -0.3 is 10.4 Å². The Morgan fingerprint density at radius 1 is 1.35 bits per heavy atom. The number of hydrogen-bond acceptors (Lipinski definition) is 2. The molecule has 0 unspecified atom stereocenters. The van der Waals surface area contributed by atoms with Crippen LogP contribution in [0.4, 0.5) is 4.39 Å². The summed E-state index contributed by atoms with van der Waals surface area (Å²) < 4.78 is 13.0. The highest BCUT2D eigenvalue weighted by Crippen LogP contribution is 2.23. The number of rotatable bonds is 5. The Labute approximate surface area is 119 Å². The van der Waals surface area contributed by atoms with Gasteiger partial charge in [-0.15, -0.1) is 0 Å². The van der Waals surface area contributed by atoms with Gasteiger partial charge in [-0.25, -0.2) is 4.39 Å². The van der Waals surface area contributed by atoms with Gasteiger partial charge >= 0.3 is 0 Å². The van der Waals surface area contributed by atoms with Crippen LogP contribution < -0.4 is 5.32 Å². The van der Waals surface area contributed by atoms with E-state index < -0.39 is 0 Å². The third-order valence-corrected chi connectivity index (χ3v) is 3.96.